The largest absolute Gasteiger partial charge is 0.0636 e. The molecule has 0 atom stereocenters. The van der Waals surface area contributed by atoms with Crippen molar-refractivity contribution in [2.75, 3.05) is 0 Å². The van der Waals surface area contributed by atoms with Crippen LogP contribution in [0.15, 0.2) is 182 Å². The first-order valence-electron chi connectivity index (χ1n) is 18.9. The maximum Gasteiger partial charge on any atom is 0.0636 e. The van der Waals surface area contributed by atoms with Gasteiger partial charge < -0.3 is 0 Å². The molecule has 9 aromatic carbocycles. The zero-order valence-electron chi connectivity index (χ0n) is 31.8. The minimum absolute atomic E-state index is 0.0244. The van der Waals surface area contributed by atoms with E-state index in [-0.39, 0.29) is 53.1 Å². The third-order valence-electron chi connectivity index (χ3n) is 8.86. The van der Waals surface area contributed by atoms with Gasteiger partial charge in [0.2, 0.25) is 0 Å². The normalized spacial score (nSPS) is 13.6. The molecule has 46 heavy (non-hydrogen) atoms. The van der Waals surface area contributed by atoms with Crippen molar-refractivity contribution in [3.05, 3.63) is 182 Å². The lowest BCUT2D eigenvalue weighted by molar-refractivity contribution is 1.62. The van der Waals surface area contributed by atoms with Crippen molar-refractivity contribution in [1.29, 1.82) is 0 Å². The summed E-state index contributed by atoms with van der Waals surface area (Å²) in [5.74, 6) is 0. The van der Waals surface area contributed by atoms with Gasteiger partial charge in [-0.15, -0.1) is 0 Å². The first kappa shape index (κ1) is 20.1. The molecule has 0 spiro atoms. The monoisotopic (exact) mass is 589 g/mol. The summed E-state index contributed by atoms with van der Waals surface area (Å²) in [5.41, 5.74) is 4.93. The maximum absolute atomic E-state index is 9.93. The number of hydrogen-bond acceptors (Lipinski definition) is 0. The van der Waals surface area contributed by atoms with E-state index in [4.69, 9.17) is 2.74 Å². The lowest BCUT2D eigenvalue weighted by Crippen LogP contribution is -1.93. The molecule has 0 saturated carbocycles. The van der Waals surface area contributed by atoms with Gasteiger partial charge in [0.05, 0.1) is 9.60 Å². The van der Waals surface area contributed by atoms with Crippen LogP contribution in [0, 0.1) is 0 Å². The van der Waals surface area contributed by atoms with Crippen LogP contribution in [0.4, 0.5) is 0 Å². The zero-order chi connectivity index (χ0) is 36.5. The Bertz CT molecular complexity index is 2960. The highest BCUT2D eigenvalue weighted by Gasteiger charge is 2.19. The van der Waals surface area contributed by atoms with E-state index < -0.39 is 0 Å². The van der Waals surface area contributed by atoms with E-state index >= 15 is 0 Å². The highest BCUT2D eigenvalue weighted by molar-refractivity contribution is 6.24. The summed E-state index contributed by atoms with van der Waals surface area (Å²) in [7, 11) is 0. The van der Waals surface area contributed by atoms with Crippen molar-refractivity contribution in [1.82, 2.24) is 0 Å². The van der Waals surface area contributed by atoms with Crippen molar-refractivity contribution in [3.63, 3.8) is 0 Å². The number of rotatable bonds is 4. The Morgan fingerprint density at radius 2 is 0.957 bits per heavy atom. The van der Waals surface area contributed by atoms with E-state index in [2.05, 4.69) is 30.3 Å². The van der Waals surface area contributed by atoms with Crippen LogP contribution in [0.2, 0.25) is 0 Å². The molecule has 0 amide bonds. The average molecular weight is 590 g/mol. The summed E-state index contributed by atoms with van der Waals surface area (Å²) in [4.78, 5) is 0. The van der Waals surface area contributed by atoms with Crippen LogP contribution < -0.4 is 0 Å². The third kappa shape index (κ3) is 4.38. The van der Waals surface area contributed by atoms with E-state index in [1.54, 1.807) is 0 Å². The van der Waals surface area contributed by atoms with Crippen LogP contribution >= 0.6 is 0 Å². The van der Waals surface area contributed by atoms with Gasteiger partial charge in [-0.3, -0.25) is 0 Å². The molecular weight excluding hydrogens is 553 g/mol. The SMILES string of the molecule is [2H]c1c([2H])c([2H])c2c(-c3cccc4ccccc34)c3c([2H])c(-c4ccccc4)c([2H])c([2H])c3c(-c3cccc(-c4ccc5ccccc5c4)c3)c2c1[2H]. The van der Waals surface area contributed by atoms with Crippen molar-refractivity contribution in [3.8, 4) is 44.5 Å². The summed E-state index contributed by atoms with van der Waals surface area (Å²) in [6, 6.07) is 43.6. The second-order valence-corrected chi connectivity index (χ2v) is 11.5. The first-order chi connectivity index (χ1) is 25.7. The van der Waals surface area contributed by atoms with Gasteiger partial charge in [-0.05, 0) is 106 Å². The summed E-state index contributed by atoms with van der Waals surface area (Å²) in [6.45, 7) is 0. The molecule has 0 radical (unpaired) electrons. The molecule has 0 N–H and O–H groups in total. The lowest BCUT2D eigenvalue weighted by Gasteiger charge is -2.20. The summed E-state index contributed by atoms with van der Waals surface area (Å²) >= 11 is 0. The minimum Gasteiger partial charge on any atom is -0.0622 e. The molecule has 0 aliphatic carbocycles. The van der Waals surface area contributed by atoms with Crippen molar-refractivity contribution in [2.45, 2.75) is 0 Å². The highest BCUT2D eigenvalue weighted by atomic mass is 14.2. The van der Waals surface area contributed by atoms with Gasteiger partial charge in [-0.2, -0.15) is 0 Å². The summed E-state index contributed by atoms with van der Waals surface area (Å²) in [6.07, 6.45) is 0. The Balaban J connectivity index is 1.52. The maximum atomic E-state index is 9.93. The summed E-state index contributed by atoms with van der Waals surface area (Å²) < 4.78 is 65.7. The van der Waals surface area contributed by atoms with E-state index in [1.807, 2.05) is 109 Å². The second-order valence-electron chi connectivity index (χ2n) is 11.5. The Labute approximate surface area is 278 Å². The average Bonchev–Trinajstić information content (AvgIpc) is 3.20. The van der Waals surface area contributed by atoms with E-state index in [0.717, 1.165) is 32.7 Å². The van der Waals surface area contributed by atoms with E-state index in [1.165, 1.54) is 0 Å². The van der Waals surface area contributed by atoms with Gasteiger partial charge in [0.25, 0.3) is 0 Å². The van der Waals surface area contributed by atoms with Crippen LogP contribution in [0.5, 0.6) is 0 Å². The van der Waals surface area contributed by atoms with E-state index in [9.17, 15) is 6.85 Å². The van der Waals surface area contributed by atoms with E-state index in [0.29, 0.717) is 44.2 Å². The topological polar surface area (TPSA) is 0 Å². The molecule has 0 heterocycles. The number of benzene rings is 9. The van der Waals surface area contributed by atoms with Gasteiger partial charge in [0.1, 0.15) is 0 Å². The number of fused-ring (bicyclic) bond motifs is 4. The lowest BCUT2D eigenvalue weighted by atomic mass is 9.83. The molecule has 9 aromatic rings. The Kier molecular flexibility index (Phi) is 4.76. The molecule has 0 nitrogen and oxygen atoms in total. The van der Waals surface area contributed by atoms with Crippen LogP contribution in [0.1, 0.15) is 9.60 Å². The highest BCUT2D eigenvalue weighted by Crippen LogP contribution is 2.46. The predicted octanol–water partition coefficient (Wildman–Crippen LogP) is 13.0. The molecule has 9 rings (SSSR count). The van der Waals surface area contributed by atoms with Gasteiger partial charge in [0, 0.05) is 0 Å². The number of hydrogen-bond donors (Lipinski definition) is 0. The van der Waals surface area contributed by atoms with Crippen LogP contribution in [-0.2, 0) is 0 Å². The van der Waals surface area contributed by atoms with Crippen LogP contribution in [0.3, 0.4) is 0 Å². The molecule has 0 bridgehead atoms. The molecule has 0 aromatic heterocycles. The van der Waals surface area contributed by atoms with Gasteiger partial charge in [-0.25, -0.2) is 0 Å². The molecule has 214 valence electrons. The first-order valence-corrected chi connectivity index (χ1v) is 15.4. The quantitative estimate of drug-likeness (QED) is 0.179. The Morgan fingerprint density at radius 3 is 1.83 bits per heavy atom. The molecule has 0 heteroatoms. The Hall–Kier alpha value is -5.98. The molecule has 0 fully saturated rings. The standard InChI is InChI=1S/C46H30/c1-2-12-31(13-3-1)37-26-27-43-44(30-37)46(40-23-11-17-33-15-6-7-20-39(33)40)42-22-9-8-21-41(42)45(43)38-19-10-18-35(29-38)36-25-24-32-14-4-5-16-34(32)28-36/h1-30H/i8D,9D,21D,22D,26D,27D,30D. The fraction of sp³-hybridized carbons (Fsp3) is 0. The second kappa shape index (κ2) is 10.9. The smallest absolute Gasteiger partial charge is 0.0622 e. The molecule has 0 aliphatic heterocycles. The summed E-state index contributed by atoms with van der Waals surface area (Å²) in [5, 5.41) is 5.16. The van der Waals surface area contributed by atoms with Gasteiger partial charge in [0.15, 0.2) is 0 Å². The zero-order valence-corrected chi connectivity index (χ0v) is 24.8. The Morgan fingerprint density at radius 1 is 0.326 bits per heavy atom. The molecule has 0 unspecified atom stereocenters. The van der Waals surface area contributed by atoms with Crippen molar-refractivity contribution >= 4 is 43.1 Å². The van der Waals surface area contributed by atoms with Crippen molar-refractivity contribution < 1.29 is 9.60 Å². The van der Waals surface area contributed by atoms with Gasteiger partial charge >= 0.3 is 0 Å². The fourth-order valence-electron chi connectivity index (χ4n) is 6.69. The third-order valence-corrected chi connectivity index (χ3v) is 8.86. The predicted molar refractivity (Wildman–Crippen MR) is 198 cm³/mol. The molecule has 0 saturated heterocycles. The van der Waals surface area contributed by atoms with Crippen LogP contribution in [0.25, 0.3) is 87.6 Å². The fourth-order valence-corrected chi connectivity index (χ4v) is 6.69. The van der Waals surface area contributed by atoms with Crippen LogP contribution in [-0.4, -0.2) is 0 Å². The minimum atomic E-state index is -0.387. The molecular formula is C46H30. The van der Waals surface area contributed by atoms with Gasteiger partial charge in [-0.1, -0.05) is 164 Å². The molecule has 0 aliphatic rings. The van der Waals surface area contributed by atoms with Crippen molar-refractivity contribution in [2.24, 2.45) is 0 Å².